The number of aliphatic hydroxyl groups is 1. The lowest BCUT2D eigenvalue weighted by Crippen LogP contribution is -2.50. The SMILES string of the molecule is C[C@H]1CN([C@@H](C)CO)C(=O)c2c(c3ccccc3n2C)-c2ccccc2CO[C@H]1CN(C)C(=O)NC1CCCCC1. The van der Waals surface area contributed by atoms with Gasteiger partial charge in [0.2, 0.25) is 0 Å². The molecule has 3 aromatic rings. The van der Waals surface area contributed by atoms with E-state index in [9.17, 15) is 14.7 Å². The molecule has 8 nitrogen and oxygen atoms in total. The van der Waals surface area contributed by atoms with E-state index in [-0.39, 0.29) is 42.7 Å². The molecule has 0 radical (unpaired) electrons. The number of nitrogens with one attached hydrogen (secondary N) is 1. The lowest BCUT2D eigenvalue weighted by molar-refractivity contribution is -0.0186. The number of hydrogen-bond donors (Lipinski definition) is 2. The molecule has 2 heterocycles. The number of likely N-dealkylation sites (N-methyl/N-ethyl adjacent to an activating group) is 1. The topological polar surface area (TPSA) is 87.0 Å². The Morgan fingerprint density at radius 3 is 2.59 bits per heavy atom. The minimum absolute atomic E-state index is 0.0852. The summed E-state index contributed by atoms with van der Waals surface area (Å²) in [4.78, 5) is 31.1. The number of ether oxygens (including phenoxy) is 1. The smallest absolute Gasteiger partial charge is 0.317 e. The zero-order chi connectivity index (χ0) is 29.1. The summed E-state index contributed by atoms with van der Waals surface area (Å²) in [6.07, 6.45) is 5.28. The zero-order valence-corrected chi connectivity index (χ0v) is 24.8. The molecule has 1 aliphatic heterocycles. The Balaban J connectivity index is 1.52. The minimum atomic E-state index is -0.389. The van der Waals surface area contributed by atoms with E-state index in [0.717, 1.165) is 53.3 Å². The Kier molecular flexibility index (Phi) is 9.00. The van der Waals surface area contributed by atoms with E-state index < -0.39 is 0 Å². The van der Waals surface area contributed by atoms with Gasteiger partial charge in [0.1, 0.15) is 5.69 Å². The predicted molar refractivity (Wildman–Crippen MR) is 162 cm³/mol. The third-order valence-corrected chi connectivity index (χ3v) is 8.96. The first-order valence-corrected chi connectivity index (χ1v) is 15.0. The molecule has 1 aromatic heterocycles. The number of carbonyl (C=O) groups is 2. The Morgan fingerprint density at radius 2 is 1.83 bits per heavy atom. The van der Waals surface area contributed by atoms with Crippen LogP contribution in [0.3, 0.4) is 0 Å². The van der Waals surface area contributed by atoms with Crippen molar-refractivity contribution >= 4 is 22.8 Å². The van der Waals surface area contributed by atoms with Gasteiger partial charge in [-0.3, -0.25) is 4.79 Å². The lowest BCUT2D eigenvalue weighted by Gasteiger charge is -2.35. The Morgan fingerprint density at radius 1 is 1.12 bits per heavy atom. The summed E-state index contributed by atoms with van der Waals surface area (Å²) in [6.45, 7) is 4.93. The second-order valence-electron chi connectivity index (χ2n) is 11.9. The van der Waals surface area contributed by atoms with Gasteiger partial charge >= 0.3 is 6.03 Å². The number of fused-ring (bicyclic) bond motifs is 5. The molecule has 1 saturated carbocycles. The summed E-state index contributed by atoms with van der Waals surface area (Å²) >= 11 is 0. The maximum atomic E-state index is 14.5. The van der Waals surface area contributed by atoms with Crippen molar-refractivity contribution in [1.29, 1.82) is 0 Å². The first-order valence-electron chi connectivity index (χ1n) is 15.0. The highest BCUT2D eigenvalue weighted by atomic mass is 16.5. The summed E-state index contributed by atoms with van der Waals surface area (Å²) in [5.74, 6) is -0.216. The number of nitrogens with zero attached hydrogens (tertiary/aromatic N) is 3. The molecular weight excluding hydrogens is 516 g/mol. The molecule has 0 spiro atoms. The van der Waals surface area contributed by atoms with Crippen LogP contribution in [0.25, 0.3) is 22.0 Å². The van der Waals surface area contributed by atoms with E-state index in [0.29, 0.717) is 25.4 Å². The molecule has 1 fully saturated rings. The molecule has 3 atom stereocenters. The fourth-order valence-electron chi connectivity index (χ4n) is 6.41. The van der Waals surface area contributed by atoms with Gasteiger partial charge in [-0.1, -0.05) is 68.7 Å². The molecule has 5 rings (SSSR count). The maximum absolute atomic E-state index is 14.5. The highest BCUT2D eigenvalue weighted by Crippen LogP contribution is 2.38. The van der Waals surface area contributed by atoms with E-state index in [2.05, 4.69) is 30.4 Å². The van der Waals surface area contributed by atoms with Crippen molar-refractivity contribution in [3.63, 3.8) is 0 Å². The number of aryl methyl sites for hydroxylation is 1. The summed E-state index contributed by atoms with van der Waals surface area (Å²) in [5, 5.41) is 14.4. The average molecular weight is 561 g/mol. The van der Waals surface area contributed by atoms with Gasteiger partial charge in [0.05, 0.1) is 25.4 Å². The molecule has 220 valence electrons. The number of amides is 3. The molecular formula is C33H44N4O4. The van der Waals surface area contributed by atoms with E-state index in [4.69, 9.17) is 4.74 Å². The van der Waals surface area contributed by atoms with E-state index in [1.807, 2.05) is 55.9 Å². The fraction of sp³-hybridized carbons (Fsp3) is 0.515. The van der Waals surface area contributed by atoms with Gasteiger partial charge in [0, 0.05) is 55.6 Å². The number of urea groups is 1. The van der Waals surface area contributed by atoms with Crippen LogP contribution in [-0.2, 0) is 18.4 Å². The van der Waals surface area contributed by atoms with Crippen molar-refractivity contribution in [2.45, 2.75) is 70.7 Å². The second-order valence-corrected chi connectivity index (χ2v) is 11.9. The zero-order valence-electron chi connectivity index (χ0n) is 24.8. The van der Waals surface area contributed by atoms with Gasteiger partial charge in [-0.25, -0.2) is 4.79 Å². The number of aromatic nitrogens is 1. The highest BCUT2D eigenvalue weighted by Gasteiger charge is 2.34. The van der Waals surface area contributed by atoms with Gasteiger partial charge in [-0.15, -0.1) is 0 Å². The fourth-order valence-corrected chi connectivity index (χ4v) is 6.41. The van der Waals surface area contributed by atoms with Crippen LogP contribution in [0.4, 0.5) is 4.79 Å². The van der Waals surface area contributed by atoms with E-state index >= 15 is 0 Å². The van der Waals surface area contributed by atoms with Crippen molar-refractivity contribution in [3.8, 4) is 11.1 Å². The lowest BCUT2D eigenvalue weighted by atomic mass is 9.96. The number of para-hydroxylation sites is 1. The molecule has 0 saturated heterocycles. The van der Waals surface area contributed by atoms with Gasteiger partial charge in [0.25, 0.3) is 5.91 Å². The molecule has 41 heavy (non-hydrogen) atoms. The first-order chi connectivity index (χ1) is 19.8. The van der Waals surface area contributed by atoms with E-state index in [1.54, 1.807) is 9.80 Å². The Bertz CT molecular complexity index is 1380. The summed E-state index contributed by atoms with van der Waals surface area (Å²) in [7, 11) is 3.75. The number of rotatable bonds is 5. The van der Waals surface area contributed by atoms with Crippen LogP contribution in [0.2, 0.25) is 0 Å². The normalized spacial score (nSPS) is 21.1. The van der Waals surface area contributed by atoms with Crippen molar-refractivity contribution < 1.29 is 19.4 Å². The average Bonchev–Trinajstić information content (AvgIpc) is 3.28. The van der Waals surface area contributed by atoms with Crippen molar-refractivity contribution in [1.82, 2.24) is 19.7 Å². The molecule has 1 aliphatic carbocycles. The molecule has 2 N–H and O–H groups in total. The van der Waals surface area contributed by atoms with Crippen molar-refractivity contribution in [2.24, 2.45) is 13.0 Å². The van der Waals surface area contributed by atoms with Gasteiger partial charge < -0.3 is 29.5 Å². The van der Waals surface area contributed by atoms with Crippen molar-refractivity contribution in [3.05, 3.63) is 59.8 Å². The van der Waals surface area contributed by atoms with Gasteiger partial charge in [-0.2, -0.15) is 0 Å². The maximum Gasteiger partial charge on any atom is 0.317 e. The second kappa shape index (κ2) is 12.7. The standard InChI is InChI=1S/C33H44N4O4/c1-22-18-37(23(2)20-38)32(39)31-30(27-16-10-11-17-28(27)36(31)4)26-15-9-8-12-24(26)21-41-29(22)19-35(3)33(40)34-25-13-6-5-7-14-25/h8-12,15-17,22-23,25,29,38H,5-7,13-14,18-21H2,1-4H3,(H,34,40)/t22-,23-,29-/m0/s1. The van der Waals surface area contributed by atoms with Gasteiger partial charge in [0.15, 0.2) is 0 Å². The first kappa shape index (κ1) is 29.1. The molecule has 2 aliphatic rings. The van der Waals surface area contributed by atoms with Crippen LogP contribution in [0.1, 0.15) is 62.0 Å². The number of aliphatic hydroxyl groups excluding tert-OH is 1. The molecule has 8 heteroatoms. The van der Waals surface area contributed by atoms with E-state index in [1.165, 1.54) is 6.42 Å². The van der Waals surface area contributed by atoms with Crippen LogP contribution < -0.4 is 5.32 Å². The van der Waals surface area contributed by atoms with Crippen LogP contribution in [-0.4, -0.2) is 76.3 Å². The monoisotopic (exact) mass is 560 g/mol. The van der Waals surface area contributed by atoms with Crippen LogP contribution in [0.15, 0.2) is 48.5 Å². The largest absolute Gasteiger partial charge is 0.394 e. The Labute approximate surface area is 243 Å². The van der Waals surface area contributed by atoms with Crippen LogP contribution >= 0.6 is 0 Å². The number of carbonyl (C=O) groups excluding carboxylic acids is 2. The number of benzene rings is 2. The Hall–Kier alpha value is -3.36. The molecule has 3 amide bonds. The molecule has 2 aromatic carbocycles. The van der Waals surface area contributed by atoms with Crippen LogP contribution in [0.5, 0.6) is 0 Å². The summed E-state index contributed by atoms with van der Waals surface area (Å²) < 4.78 is 8.60. The summed E-state index contributed by atoms with van der Waals surface area (Å²) in [6, 6.07) is 15.9. The quantitative estimate of drug-likeness (QED) is 0.450. The summed E-state index contributed by atoms with van der Waals surface area (Å²) in [5.41, 5.74) is 4.42. The highest BCUT2D eigenvalue weighted by molar-refractivity contribution is 6.10. The van der Waals surface area contributed by atoms with Crippen LogP contribution in [0, 0.1) is 5.92 Å². The van der Waals surface area contributed by atoms with Crippen molar-refractivity contribution in [2.75, 3.05) is 26.7 Å². The predicted octanol–water partition coefficient (Wildman–Crippen LogP) is 5.18. The third-order valence-electron chi connectivity index (χ3n) is 8.96. The third kappa shape index (κ3) is 5.99. The molecule has 0 bridgehead atoms. The molecule has 0 unspecified atom stereocenters. The number of hydrogen-bond acceptors (Lipinski definition) is 4. The van der Waals surface area contributed by atoms with Gasteiger partial charge in [-0.05, 0) is 37.0 Å². The minimum Gasteiger partial charge on any atom is -0.394 e.